The van der Waals surface area contributed by atoms with Crippen LogP contribution in [0.15, 0.2) is 115 Å². The van der Waals surface area contributed by atoms with E-state index >= 15 is 0 Å². The van der Waals surface area contributed by atoms with Gasteiger partial charge in [-0.1, -0.05) is 109 Å². The summed E-state index contributed by atoms with van der Waals surface area (Å²) in [5, 5.41) is 9.01. The molecule has 0 saturated carbocycles. The zero-order valence-electron chi connectivity index (χ0n) is 21.1. The van der Waals surface area contributed by atoms with Crippen LogP contribution in [0.3, 0.4) is 0 Å². The minimum Gasteiger partial charge on any atom is -0.482 e. The Balaban J connectivity index is 1.39. The highest BCUT2D eigenvalue weighted by Crippen LogP contribution is 2.34. The van der Waals surface area contributed by atoms with Gasteiger partial charge in [-0.05, 0) is 59.1 Å². The summed E-state index contributed by atoms with van der Waals surface area (Å²) >= 11 is 0. The van der Waals surface area contributed by atoms with Gasteiger partial charge in [0, 0.05) is 0 Å². The second-order valence-electron chi connectivity index (χ2n) is 9.45. The molecule has 0 spiro atoms. The summed E-state index contributed by atoms with van der Waals surface area (Å²) < 4.78 is 5.55. The molecule has 0 aromatic heterocycles. The number of aliphatic carboxylic acids is 1. The molecule has 38 heavy (non-hydrogen) atoms. The molecule has 5 heteroatoms. The van der Waals surface area contributed by atoms with Crippen molar-refractivity contribution in [1.82, 2.24) is 5.48 Å². The van der Waals surface area contributed by atoms with E-state index in [1.807, 2.05) is 66.7 Å². The Morgan fingerprint density at radius 1 is 0.868 bits per heavy atom. The van der Waals surface area contributed by atoms with E-state index in [1.54, 1.807) is 0 Å². The van der Waals surface area contributed by atoms with E-state index in [4.69, 9.17) is 14.7 Å². The van der Waals surface area contributed by atoms with E-state index < -0.39 is 5.97 Å². The second-order valence-corrected chi connectivity index (χ2v) is 9.45. The first-order valence-electron chi connectivity index (χ1n) is 12.9. The number of carboxylic acids is 1. The fourth-order valence-electron chi connectivity index (χ4n) is 4.97. The van der Waals surface area contributed by atoms with E-state index in [-0.39, 0.29) is 18.6 Å². The number of ether oxygens (including phenoxy) is 1. The van der Waals surface area contributed by atoms with E-state index in [2.05, 4.69) is 54.0 Å². The van der Waals surface area contributed by atoms with Crippen LogP contribution in [0.2, 0.25) is 0 Å². The molecule has 5 rings (SSSR count). The fourth-order valence-corrected chi connectivity index (χ4v) is 4.97. The van der Waals surface area contributed by atoms with E-state index in [0.717, 1.165) is 47.2 Å². The van der Waals surface area contributed by atoms with Gasteiger partial charge in [-0.3, -0.25) is 10.3 Å². The molecule has 4 aromatic carbocycles. The second kappa shape index (κ2) is 12.3. The highest BCUT2D eigenvalue weighted by Gasteiger charge is 2.22. The predicted octanol–water partition coefficient (Wildman–Crippen LogP) is 6.61. The van der Waals surface area contributed by atoms with Gasteiger partial charge in [-0.25, -0.2) is 4.79 Å². The third-order valence-corrected chi connectivity index (χ3v) is 6.81. The maximum atomic E-state index is 11.0. The van der Waals surface area contributed by atoms with Crippen LogP contribution < -0.4 is 10.2 Å². The summed E-state index contributed by atoms with van der Waals surface area (Å²) in [5.74, 6) is -0.0109. The van der Waals surface area contributed by atoms with Crippen molar-refractivity contribution in [1.29, 1.82) is 0 Å². The summed E-state index contributed by atoms with van der Waals surface area (Å²) in [6.45, 7) is -0.330. The molecule has 0 heterocycles. The van der Waals surface area contributed by atoms with Crippen molar-refractivity contribution in [2.45, 2.75) is 25.4 Å². The first-order valence-corrected chi connectivity index (χ1v) is 12.9. The molecule has 0 saturated heterocycles. The standard InChI is InChI=1S/C33H31NO4/c35-32(36)23-37-31-18-10-17-28-21-24(19-20-29(28)31)22-30(25-11-4-1-5-12-25)34-38-33(26-13-6-2-7-14-26)27-15-8-3-9-16-27/h1-18,22,24,33-34H,19-21,23H2,(H,35,36). The highest BCUT2D eigenvalue weighted by atomic mass is 16.7. The summed E-state index contributed by atoms with van der Waals surface area (Å²) in [5.41, 5.74) is 9.74. The molecule has 2 N–H and O–H groups in total. The van der Waals surface area contributed by atoms with Gasteiger partial charge in [-0.15, -0.1) is 0 Å². The van der Waals surface area contributed by atoms with Crippen molar-refractivity contribution in [2.75, 3.05) is 6.61 Å². The summed E-state index contributed by atoms with van der Waals surface area (Å²) in [6.07, 6.45) is 4.59. The number of rotatable bonds is 10. The molecule has 1 aliphatic rings. The van der Waals surface area contributed by atoms with Gasteiger partial charge < -0.3 is 9.84 Å². The number of nitrogens with one attached hydrogen (secondary N) is 1. The van der Waals surface area contributed by atoms with Crippen LogP contribution in [0, 0.1) is 5.92 Å². The number of benzene rings is 4. The minimum absolute atomic E-state index is 0.273. The Kier molecular flexibility index (Phi) is 8.16. The van der Waals surface area contributed by atoms with Crippen molar-refractivity contribution in [3.05, 3.63) is 143 Å². The van der Waals surface area contributed by atoms with E-state index in [0.29, 0.717) is 5.75 Å². The lowest BCUT2D eigenvalue weighted by molar-refractivity contribution is -0.139. The molecule has 0 aliphatic heterocycles. The van der Waals surface area contributed by atoms with Crippen LogP contribution in [-0.4, -0.2) is 17.7 Å². The van der Waals surface area contributed by atoms with Crippen LogP contribution >= 0.6 is 0 Å². The number of hydrogen-bond donors (Lipinski definition) is 2. The lowest BCUT2D eigenvalue weighted by Crippen LogP contribution is -2.21. The molecule has 4 aromatic rings. The highest BCUT2D eigenvalue weighted by molar-refractivity contribution is 5.68. The molecule has 192 valence electrons. The zero-order valence-corrected chi connectivity index (χ0v) is 21.1. The molecular weight excluding hydrogens is 474 g/mol. The number of fused-ring (bicyclic) bond motifs is 1. The van der Waals surface area contributed by atoms with Gasteiger partial charge in [0.15, 0.2) is 6.61 Å². The third kappa shape index (κ3) is 6.31. The molecule has 1 aliphatic carbocycles. The van der Waals surface area contributed by atoms with Gasteiger partial charge >= 0.3 is 5.97 Å². The smallest absolute Gasteiger partial charge is 0.341 e. The first kappa shape index (κ1) is 25.3. The predicted molar refractivity (Wildman–Crippen MR) is 148 cm³/mol. The first-order chi connectivity index (χ1) is 18.7. The largest absolute Gasteiger partial charge is 0.482 e. The molecule has 0 radical (unpaired) electrons. The van der Waals surface area contributed by atoms with Gasteiger partial charge in [0.1, 0.15) is 11.9 Å². The van der Waals surface area contributed by atoms with Crippen LogP contribution in [0.25, 0.3) is 5.70 Å². The van der Waals surface area contributed by atoms with Crippen LogP contribution in [-0.2, 0) is 22.5 Å². The molecule has 0 bridgehead atoms. The Labute approximate surface area is 223 Å². The summed E-state index contributed by atoms with van der Waals surface area (Å²) in [6, 6.07) is 36.5. The summed E-state index contributed by atoms with van der Waals surface area (Å²) in [7, 11) is 0. The van der Waals surface area contributed by atoms with Gasteiger partial charge in [0.2, 0.25) is 0 Å². The lowest BCUT2D eigenvalue weighted by atomic mass is 9.82. The Bertz CT molecular complexity index is 1330. The molecule has 0 amide bonds. The minimum atomic E-state index is -0.970. The van der Waals surface area contributed by atoms with Gasteiger partial charge in [-0.2, -0.15) is 0 Å². The molecule has 0 fully saturated rings. The maximum Gasteiger partial charge on any atom is 0.341 e. The molecule has 1 atom stereocenters. The van der Waals surface area contributed by atoms with E-state index in [1.165, 1.54) is 5.56 Å². The van der Waals surface area contributed by atoms with Gasteiger partial charge in [0.05, 0.1) is 5.70 Å². The molecule has 1 unspecified atom stereocenters. The molecular formula is C33H31NO4. The Morgan fingerprint density at radius 3 is 2.13 bits per heavy atom. The lowest BCUT2D eigenvalue weighted by Gasteiger charge is -2.26. The van der Waals surface area contributed by atoms with Gasteiger partial charge in [0.25, 0.3) is 0 Å². The topological polar surface area (TPSA) is 67.8 Å². The SMILES string of the molecule is O=C(O)COc1cccc2c1CCC(C=C(NOC(c1ccccc1)c1ccccc1)c1ccccc1)C2. The number of carboxylic acid groups (broad SMARTS) is 1. The maximum absolute atomic E-state index is 11.0. The Hall–Kier alpha value is -4.35. The van der Waals surface area contributed by atoms with Crippen molar-refractivity contribution in [3.63, 3.8) is 0 Å². The monoisotopic (exact) mass is 505 g/mol. The summed E-state index contributed by atoms with van der Waals surface area (Å²) in [4.78, 5) is 17.4. The number of hydrogen-bond acceptors (Lipinski definition) is 4. The average Bonchev–Trinajstić information content (AvgIpc) is 2.97. The van der Waals surface area contributed by atoms with E-state index in [9.17, 15) is 4.79 Å². The number of carbonyl (C=O) groups is 1. The van der Waals surface area contributed by atoms with Crippen LogP contribution in [0.1, 0.15) is 40.3 Å². The third-order valence-electron chi connectivity index (χ3n) is 6.81. The Morgan fingerprint density at radius 2 is 1.50 bits per heavy atom. The quantitative estimate of drug-likeness (QED) is 0.238. The zero-order chi connectivity index (χ0) is 26.2. The fraction of sp³-hybridized carbons (Fsp3) is 0.182. The number of hydroxylamine groups is 1. The van der Waals surface area contributed by atoms with Crippen LogP contribution in [0.4, 0.5) is 0 Å². The normalized spacial score (nSPS) is 15.1. The van der Waals surface area contributed by atoms with Crippen molar-refractivity contribution >= 4 is 11.7 Å². The van der Waals surface area contributed by atoms with Crippen molar-refractivity contribution in [3.8, 4) is 5.75 Å². The van der Waals surface area contributed by atoms with Crippen molar-refractivity contribution in [2.24, 2.45) is 5.92 Å². The van der Waals surface area contributed by atoms with Crippen LogP contribution in [0.5, 0.6) is 5.75 Å². The molecule has 5 nitrogen and oxygen atoms in total. The number of allylic oxidation sites excluding steroid dienone is 1. The van der Waals surface area contributed by atoms with Crippen molar-refractivity contribution < 1.29 is 19.5 Å². The average molecular weight is 506 g/mol.